The summed E-state index contributed by atoms with van der Waals surface area (Å²) in [6, 6.07) is 14.4. The van der Waals surface area contributed by atoms with Crippen molar-refractivity contribution in [3.05, 3.63) is 53.2 Å². The topological polar surface area (TPSA) is 56.0 Å². The zero-order valence-corrected chi connectivity index (χ0v) is 13.4. The summed E-state index contributed by atoms with van der Waals surface area (Å²) in [6.07, 6.45) is 0. The maximum Gasteiger partial charge on any atom is 0.284 e. The molecule has 0 bridgehead atoms. The maximum atomic E-state index is 5.95. The molecule has 0 aliphatic rings. The summed E-state index contributed by atoms with van der Waals surface area (Å²) in [5.74, 6) is 1.25. The third-order valence-corrected chi connectivity index (χ3v) is 4.08. The summed E-state index contributed by atoms with van der Waals surface area (Å²) in [6.45, 7) is 3.28. The van der Waals surface area contributed by atoms with Crippen LogP contribution < -0.4 is 4.74 Å². The summed E-state index contributed by atoms with van der Waals surface area (Å²) in [5.41, 5.74) is 2.37. The fraction of sp³-hybridized carbons (Fsp3) is 0.176. The van der Waals surface area contributed by atoms with Gasteiger partial charge in [-0.2, -0.15) is 0 Å². The molecule has 0 unspecified atom stereocenters. The molecule has 0 spiro atoms. The van der Waals surface area contributed by atoms with Gasteiger partial charge in [-0.25, -0.2) is 5.10 Å². The summed E-state index contributed by atoms with van der Waals surface area (Å²) < 4.78 is 13.5. The molecular formula is C17H15N3O2S. The van der Waals surface area contributed by atoms with Crippen LogP contribution in [0.4, 0.5) is 0 Å². The number of hydrogen-bond acceptors (Lipinski definition) is 4. The van der Waals surface area contributed by atoms with Crippen LogP contribution in [0.25, 0.3) is 21.8 Å². The molecule has 0 saturated heterocycles. The van der Waals surface area contributed by atoms with E-state index in [2.05, 4.69) is 46.0 Å². The molecule has 1 N–H and O–H groups in total. The molecule has 0 fully saturated rings. The van der Waals surface area contributed by atoms with Crippen molar-refractivity contribution in [2.75, 3.05) is 0 Å². The van der Waals surface area contributed by atoms with Gasteiger partial charge in [0.2, 0.25) is 0 Å². The van der Waals surface area contributed by atoms with Gasteiger partial charge in [0.15, 0.2) is 6.61 Å². The van der Waals surface area contributed by atoms with Gasteiger partial charge < -0.3 is 13.7 Å². The molecule has 4 aromatic rings. The van der Waals surface area contributed by atoms with Crippen LogP contribution in [0.2, 0.25) is 0 Å². The van der Waals surface area contributed by atoms with E-state index in [4.69, 9.17) is 21.4 Å². The lowest BCUT2D eigenvalue weighted by Gasteiger charge is -2.06. The fourth-order valence-electron chi connectivity index (χ4n) is 2.99. The van der Waals surface area contributed by atoms with Crippen LogP contribution in [-0.4, -0.2) is 14.8 Å². The number of para-hydroxylation sites is 1. The quantitative estimate of drug-likeness (QED) is 0.564. The van der Waals surface area contributed by atoms with E-state index in [1.54, 1.807) is 0 Å². The van der Waals surface area contributed by atoms with Crippen LogP contribution in [0.15, 0.2) is 46.9 Å². The smallest absolute Gasteiger partial charge is 0.284 e. The Labute approximate surface area is 137 Å². The largest absolute Gasteiger partial charge is 0.483 e. The zero-order valence-electron chi connectivity index (χ0n) is 12.6. The summed E-state index contributed by atoms with van der Waals surface area (Å²) in [4.78, 5) is 0.254. The van der Waals surface area contributed by atoms with Crippen molar-refractivity contribution in [2.45, 2.75) is 20.1 Å². The van der Waals surface area contributed by atoms with Crippen molar-refractivity contribution in [2.24, 2.45) is 0 Å². The summed E-state index contributed by atoms with van der Waals surface area (Å²) in [7, 11) is 0. The monoisotopic (exact) mass is 325 g/mol. The predicted octanol–water partition coefficient (Wildman–Crippen LogP) is 4.44. The Morgan fingerprint density at radius 1 is 1.17 bits per heavy atom. The van der Waals surface area contributed by atoms with E-state index in [9.17, 15) is 0 Å². The van der Waals surface area contributed by atoms with Gasteiger partial charge in [0.05, 0.1) is 5.52 Å². The molecule has 0 atom stereocenters. The first kappa shape index (κ1) is 14.0. The number of aryl methyl sites for hydroxylation is 1. The molecule has 23 heavy (non-hydrogen) atoms. The highest BCUT2D eigenvalue weighted by molar-refractivity contribution is 7.71. The average Bonchev–Trinajstić information content (AvgIpc) is 3.14. The average molecular weight is 325 g/mol. The number of ether oxygens (including phenoxy) is 1. The molecule has 0 radical (unpaired) electrons. The number of benzene rings is 2. The Morgan fingerprint density at radius 2 is 2.00 bits per heavy atom. The minimum Gasteiger partial charge on any atom is -0.483 e. The number of nitrogens with one attached hydrogen (secondary N) is 1. The van der Waals surface area contributed by atoms with Gasteiger partial charge in [0, 0.05) is 22.8 Å². The number of fused-ring (bicyclic) bond motifs is 3. The van der Waals surface area contributed by atoms with Crippen LogP contribution >= 0.6 is 12.2 Å². The van der Waals surface area contributed by atoms with Crippen LogP contribution in [0.3, 0.4) is 0 Å². The minimum absolute atomic E-state index is 0.234. The normalized spacial score (nSPS) is 11.3. The van der Waals surface area contributed by atoms with Gasteiger partial charge in [-0.3, -0.25) is 0 Å². The molecule has 116 valence electrons. The lowest BCUT2D eigenvalue weighted by Crippen LogP contribution is -1.97. The highest BCUT2D eigenvalue weighted by atomic mass is 32.1. The lowest BCUT2D eigenvalue weighted by molar-refractivity contribution is 0.264. The van der Waals surface area contributed by atoms with E-state index >= 15 is 0 Å². The van der Waals surface area contributed by atoms with Crippen molar-refractivity contribution < 1.29 is 9.15 Å². The third-order valence-electron chi connectivity index (χ3n) is 3.91. The molecular weight excluding hydrogens is 310 g/mol. The number of nitrogens with zero attached hydrogens (tertiary/aromatic N) is 2. The van der Waals surface area contributed by atoms with E-state index in [-0.39, 0.29) is 11.4 Å². The van der Waals surface area contributed by atoms with Gasteiger partial charge >= 0.3 is 0 Å². The van der Waals surface area contributed by atoms with Crippen LogP contribution in [-0.2, 0) is 13.2 Å². The SMILES string of the molecule is CCn1c2ccccc2c2c(OCc3n[nH]c(=S)o3)cccc21. The van der Waals surface area contributed by atoms with Gasteiger partial charge in [-0.1, -0.05) is 24.3 Å². The molecule has 5 nitrogen and oxygen atoms in total. The summed E-state index contributed by atoms with van der Waals surface area (Å²) in [5, 5.41) is 8.86. The van der Waals surface area contributed by atoms with E-state index in [1.807, 2.05) is 18.2 Å². The van der Waals surface area contributed by atoms with Crippen molar-refractivity contribution in [3.63, 3.8) is 0 Å². The first-order chi connectivity index (χ1) is 11.3. The van der Waals surface area contributed by atoms with E-state index in [0.717, 1.165) is 23.2 Å². The lowest BCUT2D eigenvalue weighted by atomic mass is 10.1. The number of aromatic nitrogens is 3. The van der Waals surface area contributed by atoms with Crippen molar-refractivity contribution >= 4 is 34.0 Å². The molecule has 2 heterocycles. The molecule has 0 saturated carbocycles. The van der Waals surface area contributed by atoms with Crippen LogP contribution in [0.5, 0.6) is 5.75 Å². The molecule has 2 aromatic carbocycles. The highest BCUT2D eigenvalue weighted by Gasteiger charge is 2.14. The Kier molecular flexibility index (Phi) is 3.38. The number of H-pyrrole nitrogens is 1. The Bertz CT molecular complexity index is 1040. The predicted molar refractivity (Wildman–Crippen MR) is 91.1 cm³/mol. The van der Waals surface area contributed by atoms with E-state index in [1.165, 1.54) is 10.9 Å². The van der Waals surface area contributed by atoms with Crippen molar-refractivity contribution in [1.82, 2.24) is 14.8 Å². The standard InChI is InChI=1S/C17H15N3O2S/c1-2-20-12-7-4-3-6-11(12)16-13(20)8-5-9-14(16)21-10-15-18-19-17(23)22-15/h3-9H,2,10H2,1H3,(H,19,23). The molecule has 0 amide bonds. The molecule has 2 aromatic heterocycles. The first-order valence-electron chi connectivity index (χ1n) is 7.45. The highest BCUT2D eigenvalue weighted by Crippen LogP contribution is 2.35. The van der Waals surface area contributed by atoms with Crippen LogP contribution in [0.1, 0.15) is 12.8 Å². The fourth-order valence-corrected chi connectivity index (χ4v) is 3.13. The molecule has 0 aliphatic carbocycles. The van der Waals surface area contributed by atoms with Gasteiger partial charge in [-0.05, 0) is 37.3 Å². The molecule has 6 heteroatoms. The Balaban J connectivity index is 1.85. The van der Waals surface area contributed by atoms with E-state index < -0.39 is 0 Å². The second-order valence-electron chi connectivity index (χ2n) is 5.21. The molecule has 0 aliphatic heterocycles. The zero-order chi connectivity index (χ0) is 15.8. The first-order valence-corrected chi connectivity index (χ1v) is 7.86. The van der Waals surface area contributed by atoms with Gasteiger partial charge in [0.25, 0.3) is 10.7 Å². The maximum absolute atomic E-state index is 5.95. The van der Waals surface area contributed by atoms with E-state index in [0.29, 0.717) is 5.89 Å². The minimum atomic E-state index is 0.234. The van der Waals surface area contributed by atoms with Gasteiger partial charge in [-0.15, -0.1) is 5.10 Å². The number of rotatable bonds is 4. The second-order valence-corrected chi connectivity index (χ2v) is 5.58. The van der Waals surface area contributed by atoms with Crippen molar-refractivity contribution in [1.29, 1.82) is 0 Å². The molecule has 4 rings (SSSR count). The van der Waals surface area contributed by atoms with Crippen molar-refractivity contribution in [3.8, 4) is 5.75 Å². The number of hydrogen-bond donors (Lipinski definition) is 1. The van der Waals surface area contributed by atoms with Gasteiger partial charge in [0.1, 0.15) is 5.75 Å². The Morgan fingerprint density at radius 3 is 2.78 bits per heavy atom. The summed E-state index contributed by atoms with van der Waals surface area (Å²) >= 11 is 4.88. The Hall–Kier alpha value is -2.60. The third kappa shape index (κ3) is 2.31. The second kappa shape index (κ2) is 5.55. The van der Waals surface area contributed by atoms with Crippen LogP contribution in [0, 0.1) is 4.84 Å². The number of aromatic amines is 1.